The molecule has 0 atom stereocenters. The van der Waals surface area contributed by atoms with Crippen LogP contribution in [0.25, 0.3) is 15.9 Å². The van der Waals surface area contributed by atoms with Crippen LogP contribution in [0.2, 0.25) is 0 Å². The highest BCUT2D eigenvalue weighted by Crippen LogP contribution is 2.33. The van der Waals surface area contributed by atoms with Gasteiger partial charge in [0.05, 0.1) is 16.3 Å². The van der Waals surface area contributed by atoms with Crippen LogP contribution >= 0.6 is 11.3 Å². The third kappa shape index (κ3) is 4.34. The molecule has 4 rings (SSSR count). The van der Waals surface area contributed by atoms with E-state index in [0.717, 1.165) is 40.9 Å². The van der Waals surface area contributed by atoms with Gasteiger partial charge in [-0.2, -0.15) is 5.10 Å². The maximum Gasteiger partial charge on any atom is 0.261 e. The minimum atomic E-state index is -0.0750. The van der Waals surface area contributed by atoms with Crippen LogP contribution in [0, 0.1) is 5.92 Å². The van der Waals surface area contributed by atoms with Crippen molar-refractivity contribution in [1.29, 1.82) is 0 Å². The Morgan fingerprint density at radius 3 is 2.59 bits per heavy atom. The van der Waals surface area contributed by atoms with Crippen molar-refractivity contribution in [2.45, 2.75) is 39.0 Å². The van der Waals surface area contributed by atoms with Crippen molar-refractivity contribution in [3.63, 3.8) is 0 Å². The SMILES string of the molecule is CC(C)c1nn(-c2ccccc2)c2sc(C(=O)NCCCNC(=O)C3CC3)cc12. The summed E-state index contributed by atoms with van der Waals surface area (Å²) < 4.78 is 1.93. The fourth-order valence-electron chi connectivity index (χ4n) is 3.29. The number of thiophene rings is 1. The number of nitrogens with zero attached hydrogens (tertiary/aromatic N) is 2. The summed E-state index contributed by atoms with van der Waals surface area (Å²) >= 11 is 1.46. The van der Waals surface area contributed by atoms with E-state index in [4.69, 9.17) is 5.10 Å². The molecule has 0 spiro atoms. The van der Waals surface area contributed by atoms with Crippen LogP contribution in [-0.4, -0.2) is 34.7 Å². The largest absolute Gasteiger partial charge is 0.356 e. The Bertz CT molecular complexity index is 1020. The molecule has 152 valence electrons. The van der Waals surface area contributed by atoms with Crippen molar-refractivity contribution in [3.8, 4) is 5.69 Å². The summed E-state index contributed by atoms with van der Waals surface area (Å²) in [7, 11) is 0. The molecule has 6 nitrogen and oxygen atoms in total. The zero-order valence-corrected chi connectivity index (χ0v) is 17.6. The lowest BCUT2D eigenvalue weighted by Crippen LogP contribution is -2.30. The predicted octanol–water partition coefficient (Wildman–Crippen LogP) is 3.86. The molecule has 0 bridgehead atoms. The van der Waals surface area contributed by atoms with Gasteiger partial charge in [-0.05, 0) is 43.4 Å². The smallest absolute Gasteiger partial charge is 0.261 e. The molecule has 1 aliphatic rings. The maximum atomic E-state index is 12.6. The van der Waals surface area contributed by atoms with Crippen LogP contribution < -0.4 is 10.6 Å². The number of carbonyl (C=O) groups excluding carboxylic acids is 2. The molecule has 0 aliphatic heterocycles. The van der Waals surface area contributed by atoms with Crippen LogP contribution in [0.3, 0.4) is 0 Å². The average molecular weight is 411 g/mol. The highest BCUT2D eigenvalue weighted by atomic mass is 32.1. The summed E-state index contributed by atoms with van der Waals surface area (Å²) in [6.45, 7) is 5.37. The summed E-state index contributed by atoms with van der Waals surface area (Å²) in [5, 5.41) is 11.7. The van der Waals surface area contributed by atoms with Gasteiger partial charge in [-0.25, -0.2) is 4.68 Å². The molecular formula is C22H26N4O2S. The van der Waals surface area contributed by atoms with Crippen molar-refractivity contribution in [2.75, 3.05) is 13.1 Å². The van der Waals surface area contributed by atoms with Gasteiger partial charge in [-0.3, -0.25) is 9.59 Å². The first-order valence-corrected chi connectivity index (χ1v) is 11.0. The molecule has 1 saturated carbocycles. The maximum absolute atomic E-state index is 12.6. The van der Waals surface area contributed by atoms with E-state index in [1.165, 1.54) is 11.3 Å². The van der Waals surface area contributed by atoms with E-state index in [1.54, 1.807) is 0 Å². The molecule has 1 aliphatic carbocycles. The van der Waals surface area contributed by atoms with E-state index in [2.05, 4.69) is 24.5 Å². The van der Waals surface area contributed by atoms with Crippen molar-refractivity contribution < 1.29 is 9.59 Å². The number of carbonyl (C=O) groups is 2. The lowest BCUT2D eigenvalue weighted by molar-refractivity contribution is -0.122. The first-order chi connectivity index (χ1) is 14.0. The minimum absolute atomic E-state index is 0.0750. The molecule has 1 aromatic carbocycles. The molecule has 29 heavy (non-hydrogen) atoms. The van der Waals surface area contributed by atoms with Gasteiger partial charge < -0.3 is 10.6 Å². The highest BCUT2D eigenvalue weighted by molar-refractivity contribution is 7.20. The number of hydrogen-bond acceptors (Lipinski definition) is 4. The summed E-state index contributed by atoms with van der Waals surface area (Å²) in [6, 6.07) is 11.9. The highest BCUT2D eigenvalue weighted by Gasteiger charge is 2.29. The zero-order chi connectivity index (χ0) is 20.4. The second-order valence-electron chi connectivity index (χ2n) is 7.79. The van der Waals surface area contributed by atoms with E-state index in [1.807, 2.05) is 41.1 Å². The number of nitrogens with one attached hydrogen (secondary N) is 2. The standard InChI is InChI=1S/C22H26N4O2S/c1-14(2)19-17-13-18(21(28)24-12-6-11-23-20(27)15-9-10-15)29-22(17)26(25-19)16-7-4-3-5-8-16/h3-5,7-8,13-15H,6,9-12H2,1-2H3,(H,23,27)(H,24,28). The van der Waals surface area contributed by atoms with Gasteiger partial charge in [0, 0.05) is 24.4 Å². The quantitative estimate of drug-likeness (QED) is 0.554. The minimum Gasteiger partial charge on any atom is -0.356 e. The van der Waals surface area contributed by atoms with Gasteiger partial charge in [-0.1, -0.05) is 32.0 Å². The first-order valence-electron chi connectivity index (χ1n) is 10.2. The fourth-order valence-corrected chi connectivity index (χ4v) is 4.35. The Labute approximate surface area is 174 Å². The van der Waals surface area contributed by atoms with Gasteiger partial charge in [0.15, 0.2) is 0 Å². The van der Waals surface area contributed by atoms with E-state index >= 15 is 0 Å². The van der Waals surface area contributed by atoms with Crippen LogP contribution in [0.4, 0.5) is 0 Å². The summed E-state index contributed by atoms with van der Waals surface area (Å²) in [5.74, 6) is 0.562. The Morgan fingerprint density at radius 2 is 1.90 bits per heavy atom. The fraction of sp³-hybridized carbons (Fsp3) is 0.409. The molecule has 2 N–H and O–H groups in total. The zero-order valence-electron chi connectivity index (χ0n) is 16.8. The Morgan fingerprint density at radius 1 is 1.17 bits per heavy atom. The molecular weight excluding hydrogens is 384 g/mol. The molecule has 3 aromatic rings. The van der Waals surface area contributed by atoms with Crippen molar-refractivity contribution in [1.82, 2.24) is 20.4 Å². The van der Waals surface area contributed by atoms with Crippen molar-refractivity contribution >= 4 is 33.4 Å². The van der Waals surface area contributed by atoms with Gasteiger partial charge >= 0.3 is 0 Å². The lowest BCUT2D eigenvalue weighted by Gasteiger charge is -2.06. The third-order valence-electron chi connectivity index (χ3n) is 5.05. The van der Waals surface area contributed by atoms with Gasteiger partial charge in [0.25, 0.3) is 5.91 Å². The monoisotopic (exact) mass is 410 g/mol. The van der Waals surface area contributed by atoms with Crippen LogP contribution in [-0.2, 0) is 4.79 Å². The number of aromatic nitrogens is 2. The van der Waals surface area contributed by atoms with E-state index in [9.17, 15) is 9.59 Å². The molecule has 2 heterocycles. The second-order valence-corrected chi connectivity index (χ2v) is 8.82. The van der Waals surface area contributed by atoms with Crippen LogP contribution in [0.1, 0.15) is 54.4 Å². The molecule has 0 radical (unpaired) electrons. The van der Waals surface area contributed by atoms with Crippen molar-refractivity contribution in [2.24, 2.45) is 5.92 Å². The Hall–Kier alpha value is -2.67. The Kier molecular flexibility index (Phi) is 5.67. The second kappa shape index (κ2) is 8.37. The van der Waals surface area contributed by atoms with E-state index < -0.39 is 0 Å². The van der Waals surface area contributed by atoms with Crippen LogP contribution in [0.5, 0.6) is 0 Å². The summed E-state index contributed by atoms with van der Waals surface area (Å²) in [5.41, 5.74) is 1.99. The van der Waals surface area contributed by atoms with Gasteiger partial charge in [0.1, 0.15) is 4.83 Å². The average Bonchev–Trinajstić information content (AvgIpc) is 3.38. The normalized spacial score (nSPS) is 13.8. The molecule has 2 amide bonds. The third-order valence-corrected chi connectivity index (χ3v) is 6.16. The number of para-hydroxylation sites is 1. The first kappa shape index (κ1) is 19.6. The molecule has 0 unspecified atom stereocenters. The lowest BCUT2D eigenvalue weighted by atomic mass is 10.1. The predicted molar refractivity (Wildman–Crippen MR) is 116 cm³/mol. The number of amides is 2. The van der Waals surface area contributed by atoms with Crippen LogP contribution in [0.15, 0.2) is 36.4 Å². The molecule has 2 aromatic heterocycles. The molecule has 1 fully saturated rings. The number of fused-ring (bicyclic) bond motifs is 1. The van der Waals surface area contributed by atoms with E-state index in [0.29, 0.717) is 18.0 Å². The summed E-state index contributed by atoms with van der Waals surface area (Å²) in [6.07, 6.45) is 2.74. The number of benzene rings is 1. The number of hydrogen-bond donors (Lipinski definition) is 2. The van der Waals surface area contributed by atoms with Gasteiger partial charge in [-0.15, -0.1) is 11.3 Å². The summed E-state index contributed by atoms with van der Waals surface area (Å²) in [4.78, 5) is 25.9. The number of rotatable bonds is 8. The molecule has 0 saturated heterocycles. The molecule has 7 heteroatoms. The Balaban J connectivity index is 1.44. The van der Waals surface area contributed by atoms with Crippen molar-refractivity contribution in [3.05, 3.63) is 47.0 Å². The van der Waals surface area contributed by atoms with E-state index in [-0.39, 0.29) is 23.7 Å². The topological polar surface area (TPSA) is 76.0 Å². The van der Waals surface area contributed by atoms with Gasteiger partial charge in [0.2, 0.25) is 5.91 Å².